The number of urea groups is 1. The van der Waals surface area contributed by atoms with Gasteiger partial charge in [-0.3, -0.25) is 9.59 Å². The summed E-state index contributed by atoms with van der Waals surface area (Å²) >= 11 is 0. The highest BCUT2D eigenvalue weighted by Gasteiger charge is 2.39. The second-order valence-corrected chi connectivity index (χ2v) is 12.2. The zero-order valence-corrected chi connectivity index (χ0v) is 25.3. The van der Waals surface area contributed by atoms with Crippen molar-refractivity contribution in [2.24, 2.45) is 11.8 Å². The molecule has 2 aliphatic rings. The monoisotopic (exact) mass is 659 g/mol. The number of alkyl halides is 6. The van der Waals surface area contributed by atoms with Crippen molar-refractivity contribution < 1.29 is 50.2 Å². The van der Waals surface area contributed by atoms with Crippen LogP contribution in [0.5, 0.6) is 0 Å². The number of nitrogens with one attached hydrogen (secondary N) is 1. The van der Waals surface area contributed by atoms with Gasteiger partial charge in [-0.15, -0.1) is 0 Å². The molecule has 7 nitrogen and oxygen atoms in total. The van der Waals surface area contributed by atoms with Gasteiger partial charge < -0.3 is 20.2 Å². The van der Waals surface area contributed by atoms with Gasteiger partial charge in [-0.2, -0.15) is 26.3 Å². The quantitative estimate of drug-likeness (QED) is 0.309. The summed E-state index contributed by atoms with van der Waals surface area (Å²) in [6, 6.07) is 4.03. The number of nitrogens with zero attached hydrogens (tertiary/aromatic N) is 2. The third kappa shape index (κ3) is 8.49. The minimum Gasteiger partial charge on any atom is -0.481 e. The smallest absolute Gasteiger partial charge is 0.416 e. The molecule has 4 rings (SSSR count). The molecule has 0 bridgehead atoms. The zero-order valence-electron chi connectivity index (χ0n) is 25.3. The summed E-state index contributed by atoms with van der Waals surface area (Å²) in [6.07, 6.45) is -7.65. The Labute approximate surface area is 261 Å². The van der Waals surface area contributed by atoms with Crippen LogP contribution in [0.4, 0.5) is 35.5 Å². The zero-order chi connectivity index (χ0) is 34.0. The van der Waals surface area contributed by atoms with Crippen molar-refractivity contribution in [2.45, 2.75) is 70.3 Å². The maximum atomic E-state index is 14.0. The lowest BCUT2D eigenvalue weighted by atomic mass is 9.80. The molecule has 252 valence electrons. The summed E-state index contributed by atoms with van der Waals surface area (Å²) in [7, 11) is 0. The van der Waals surface area contributed by atoms with Crippen molar-refractivity contribution in [1.82, 2.24) is 15.1 Å². The molecule has 1 saturated carbocycles. The molecule has 1 aliphatic heterocycles. The number of aliphatic carboxylic acids is 1. The van der Waals surface area contributed by atoms with Crippen molar-refractivity contribution in [3.63, 3.8) is 0 Å². The lowest BCUT2D eigenvalue weighted by Gasteiger charge is -2.43. The molecule has 0 aromatic heterocycles. The first kappa shape index (κ1) is 35.0. The predicted octanol–water partition coefficient (Wildman–Crippen LogP) is 7.15. The predicted molar refractivity (Wildman–Crippen MR) is 153 cm³/mol. The van der Waals surface area contributed by atoms with Gasteiger partial charge in [-0.05, 0) is 91.5 Å². The number of rotatable bonds is 7. The van der Waals surface area contributed by atoms with Crippen LogP contribution in [0.2, 0.25) is 0 Å². The minimum atomic E-state index is -5.01. The number of halogens is 7. The van der Waals surface area contributed by atoms with E-state index in [-0.39, 0.29) is 62.0 Å². The largest absolute Gasteiger partial charge is 0.481 e. The van der Waals surface area contributed by atoms with Gasteiger partial charge in [0.2, 0.25) is 5.91 Å². The Morgan fingerprint density at radius 2 is 1.54 bits per heavy atom. The average molecular weight is 660 g/mol. The van der Waals surface area contributed by atoms with E-state index >= 15 is 0 Å². The second kappa shape index (κ2) is 13.9. The van der Waals surface area contributed by atoms with Crippen molar-refractivity contribution in [3.05, 3.63) is 70.0 Å². The van der Waals surface area contributed by atoms with Gasteiger partial charge in [0.1, 0.15) is 5.82 Å². The summed E-state index contributed by atoms with van der Waals surface area (Å²) < 4.78 is 94.2. The fourth-order valence-corrected chi connectivity index (χ4v) is 6.35. The Bertz CT molecular complexity index is 1410. The van der Waals surface area contributed by atoms with Crippen molar-refractivity contribution in [1.29, 1.82) is 0 Å². The molecule has 3 amide bonds. The molecule has 46 heavy (non-hydrogen) atoms. The molecule has 2 aromatic carbocycles. The van der Waals surface area contributed by atoms with E-state index in [1.54, 1.807) is 11.8 Å². The van der Waals surface area contributed by atoms with Crippen molar-refractivity contribution in [3.8, 4) is 0 Å². The van der Waals surface area contributed by atoms with E-state index in [1.165, 1.54) is 30.0 Å². The number of aryl methyl sites for hydroxylation is 1. The molecule has 1 unspecified atom stereocenters. The number of hydrogen-bond donors (Lipinski definition) is 2. The van der Waals surface area contributed by atoms with Gasteiger partial charge in [0, 0.05) is 38.5 Å². The van der Waals surface area contributed by atoms with E-state index in [2.05, 4.69) is 5.32 Å². The Balaban J connectivity index is 1.49. The van der Waals surface area contributed by atoms with Crippen LogP contribution in [-0.4, -0.2) is 59.0 Å². The van der Waals surface area contributed by atoms with E-state index in [9.17, 15) is 45.1 Å². The fraction of sp³-hybridized carbons (Fsp3) is 0.531. The Kier molecular flexibility index (Phi) is 10.6. The number of carboxylic acid groups (broad SMARTS) is 1. The summed E-state index contributed by atoms with van der Waals surface area (Å²) in [4.78, 5) is 41.1. The number of benzene rings is 2. The van der Waals surface area contributed by atoms with Crippen LogP contribution in [0.1, 0.15) is 78.8 Å². The first-order chi connectivity index (χ1) is 21.4. The molecule has 2 N–H and O–H groups in total. The Morgan fingerprint density at radius 3 is 2.09 bits per heavy atom. The molecule has 2 fully saturated rings. The standard InChI is InChI=1S/C32H36F7N3O4/c1-18-11-25(33)7-8-26(18)27-17-41(29(45)21-5-3-20(4-6-21)12-28(43)44)9-10-42(27)30(46)40-16-19(2)22-13-23(31(34,35)36)15-24(14-22)32(37,38)39/h7-8,11,13-15,19-21,27H,3-6,9-10,12,16-17H2,1-2H3,(H,40,46)(H,43,44)/t19-,20?,21?,27?/m0/s1. The van der Waals surface area contributed by atoms with Crippen LogP contribution in [0.25, 0.3) is 0 Å². The lowest BCUT2D eigenvalue weighted by Crippen LogP contribution is -2.56. The van der Waals surface area contributed by atoms with Crippen molar-refractivity contribution >= 4 is 17.9 Å². The number of carboxylic acids is 1. The fourth-order valence-electron chi connectivity index (χ4n) is 6.35. The molecular weight excluding hydrogens is 623 g/mol. The summed E-state index contributed by atoms with van der Waals surface area (Å²) in [5.41, 5.74) is -2.03. The van der Waals surface area contributed by atoms with E-state index in [0.717, 1.165) is 0 Å². The number of piperazine rings is 1. The van der Waals surface area contributed by atoms with E-state index in [0.29, 0.717) is 48.9 Å². The van der Waals surface area contributed by atoms with Gasteiger partial charge >= 0.3 is 24.4 Å². The molecule has 0 spiro atoms. The second-order valence-electron chi connectivity index (χ2n) is 12.2. The van der Waals surface area contributed by atoms with Crippen LogP contribution >= 0.6 is 0 Å². The molecule has 1 heterocycles. The number of carbonyl (C=O) groups excluding carboxylic acids is 2. The third-order valence-electron chi connectivity index (χ3n) is 8.94. The molecule has 2 aromatic rings. The lowest BCUT2D eigenvalue weighted by molar-refractivity contribution is -0.143. The van der Waals surface area contributed by atoms with Crippen LogP contribution in [0.15, 0.2) is 36.4 Å². The van der Waals surface area contributed by atoms with E-state index < -0.39 is 53.3 Å². The number of amides is 3. The molecule has 14 heteroatoms. The molecule has 0 radical (unpaired) electrons. The van der Waals surface area contributed by atoms with Gasteiger partial charge in [0.25, 0.3) is 0 Å². The maximum absolute atomic E-state index is 14.0. The highest BCUT2D eigenvalue weighted by atomic mass is 19.4. The highest BCUT2D eigenvalue weighted by molar-refractivity contribution is 5.80. The first-order valence-electron chi connectivity index (χ1n) is 15.0. The Hall–Kier alpha value is -3.84. The Morgan fingerprint density at radius 1 is 0.935 bits per heavy atom. The number of hydrogen-bond acceptors (Lipinski definition) is 3. The molecule has 1 aliphatic carbocycles. The van der Waals surface area contributed by atoms with E-state index in [1.807, 2.05) is 0 Å². The summed E-state index contributed by atoms with van der Waals surface area (Å²) in [5.74, 6) is -2.69. The third-order valence-corrected chi connectivity index (χ3v) is 8.94. The van der Waals surface area contributed by atoms with Crippen LogP contribution in [-0.2, 0) is 21.9 Å². The summed E-state index contributed by atoms with van der Waals surface area (Å²) in [5, 5.41) is 11.7. The molecular formula is C32H36F7N3O4. The van der Waals surface area contributed by atoms with Gasteiger partial charge in [-0.25, -0.2) is 9.18 Å². The van der Waals surface area contributed by atoms with Gasteiger partial charge in [0.05, 0.1) is 17.2 Å². The van der Waals surface area contributed by atoms with Crippen LogP contribution in [0, 0.1) is 24.6 Å². The first-order valence-corrected chi connectivity index (χ1v) is 15.0. The van der Waals surface area contributed by atoms with Gasteiger partial charge in [-0.1, -0.05) is 13.0 Å². The minimum absolute atomic E-state index is 0.00934. The van der Waals surface area contributed by atoms with E-state index in [4.69, 9.17) is 5.11 Å². The van der Waals surface area contributed by atoms with Gasteiger partial charge in [0.15, 0.2) is 0 Å². The molecule has 1 saturated heterocycles. The van der Waals surface area contributed by atoms with Crippen molar-refractivity contribution in [2.75, 3.05) is 26.2 Å². The summed E-state index contributed by atoms with van der Waals surface area (Å²) in [6.45, 7) is 3.13. The normalized spacial score (nSPS) is 21.5. The molecule has 2 atom stereocenters. The van der Waals surface area contributed by atoms with Crippen LogP contribution < -0.4 is 5.32 Å². The average Bonchev–Trinajstić information content (AvgIpc) is 2.98. The maximum Gasteiger partial charge on any atom is 0.416 e. The SMILES string of the molecule is Cc1cc(F)ccc1C1CN(C(=O)C2CCC(CC(=O)O)CC2)CCN1C(=O)NC[C@H](C)c1cc(C(F)(F)F)cc(C(F)(F)F)c1. The number of carbonyl (C=O) groups is 3. The topological polar surface area (TPSA) is 90.0 Å². The highest BCUT2D eigenvalue weighted by Crippen LogP contribution is 2.38. The van der Waals surface area contributed by atoms with Crippen LogP contribution in [0.3, 0.4) is 0 Å².